The van der Waals surface area contributed by atoms with Crippen LogP contribution in [0.25, 0.3) is 10.9 Å². The van der Waals surface area contributed by atoms with Crippen LogP contribution in [-0.4, -0.2) is 35.4 Å². The number of hydrogen-bond donors (Lipinski definition) is 1. The predicted octanol–water partition coefficient (Wildman–Crippen LogP) is 4.58. The number of benzene rings is 2. The van der Waals surface area contributed by atoms with Gasteiger partial charge in [-0.05, 0) is 50.7 Å². The van der Waals surface area contributed by atoms with Crippen LogP contribution in [0.5, 0.6) is 0 Å². The van der Waals surface area contributed by atoms with Crippen LogP contribution < -0.4 is 5.32 Å². The number of pyridine rings is 1. The van der Waals surface area contributed by atoms with Gasteiger partial charge in [-0.15, -0.1) is 0 Å². The fraction of sp³-hybridized carbons (Fsp3) is 0.333. The third-order valence-corrected chi connectivity index (χ3v) is 6.20. The Kier molecular flexibility index (Phi) is 5.14. The van der Waals surface area contributed by atoms with E-state index in [0.29, 0.717) is 5.56 Å². The van der Waals surface area contributed by atoms with Crippen molar-refractivity contribution in [2.24, 2.45) is 0 Å². The summed E-state index contributed by atoms with van der Waals surface area (Å²) in [6, 6.07) is 19.9. The Labute approximate surface area is 166 Å². The largest absolute Gasteiger partial charge is 0.343 e. The van der Waals surface area contributed by atoms with Crippen LogP contribution in [0, 0.1) is 0 Å². The number of nitrogens with one attached hydrogen (secondary N) is 1. The van der Waals surface area contributed by atoms with Crippen molar-refractivity contribution in [3.8, 4) is 0 Å². The Hall–Kier alpha value is -2.72. The van der Waals surface area contributed by atoms with Gasteiger partial charge in [0.15, 0.2) is 0 Å². The monoisotopic (exact) mass is 373 g/mol. The van der Waals surface area contributed by atoms with Crippen molar-refractivity contribution in [2.75, 3.05) is 14.1 Å². The number of rotatable bonds is 5. The van der Waals surface area contributed by atoms with Gasteiger partial charge in [0.2, 0.25) is 0 Å². The van der Waals surface area contributed by atoms with E-state index in [1.54, 1.807) is 6.20 Å². The number of aromatic nitrogens is 1. The minimum atomic E-state index is -0.0696. The van der Waals surface area contributed by atoms with Crippen LogP contribution in [-0.2, 0) is 0 Å². The highest BCUT2D eigenvalue weighted by molar-refractivity contribution is 6.06. The molecule has 0 radical (unpaired) electrons. The maximum Gasteiger partial charge on any atom is 0.252 e. The van der Waals surface area contributed by atoms with E-state index in [2.05, 4.69) is 53.6 Å². The van der Waals surface area contributed by atoms with E-state index in [1.807, 2.05) is 36.4 Å². The molecule has 1 aliphatic rings. The molecule has 0 saturated heterocycles. The fourth-order valence-corrected chi connectivity index (χ4v) is 4.66. The molecule has 0 bridgehead atoms. The van der Waals surface area contributed by atoms with Crippen molar-refractivity contribution < 1.29 is 4.79 Å². The van der Waals surface area contributed by atoms with E-state index >= 15 is 0 Å². The summed E-state index contributed by atoms with van der Waals surface area (Å²) < 4.78 is 0. The third kappa shape index (κ3) is 3.29. The normalized spacial score (nSPS) is 17.0. The topological polar surface area (TPSA) is 45.2 Å². The molecule has 1 aromatic heterocycles. The molecule has 4 nitrogen and oxygen atoms in total. The average molecular weight is 374 g/mol. The SMILES string of the molecule is CN(C)C1(C(NC(=O)c2cccc3ncccc23)c2ccccc2)CCCC1. The molecule has 144 valence electrons. The molecule has 1 unspecified atom stereocenters. The summed E-state index contributed by atoms with van der Waals surface area (Å²) in [6.07, 6.45) is 6.30. The van der Waals surface area contributed by atoms with Gasteiger partial charge in [0.25, 0.3) is 5.91 Å². The molecule has 1 N–H and O–H groups in total. The number of amides is 1. The van der Waals surface area contributed by atoms with Crippen LogP contribution in [0.3, 0.4) is 0 Å². The Morgan fingerprint density at radius 1 is 1.00 bits per heavy atom. The number of carbonyl (C=O) groups is 1. The zero-order valence-electron chi connectivity index (χ0n) is 16.6. The first-order valence-electron chi connectivity index (χ1n) is 9.99. The zero-order chi connectivity index (χ0) is 19.6. The summed E-state index contributed by atoms with van der Waals surface area (Å²) in [6.45, 7) is 0. The summed E-state index contributed by atoms with van der Waals surface area (Å²) in [5.74, 6) is -0.0411. The van der Waals surface area contributed by atoms with E-state index in [0.717, 1.165) is 29.3 Å². The minimum absolute atomic E-state index is 0.0411. The third-order valence-electron chi connectivity index (χ3n) is 6.20. The second kappa shape index (κ2) is 7.72. The summed E-state index contributed by atoms with van der Waals surface area (Å²) in [5.41, 5.74) is 2.61. The summed E-state index contributed by atoms with van der Waals surface area (Å²) >= 11 is 0. The Bertz CT molecular complexity index is 957. The molecule has 1 fully saturated rings. The Balaban J connectivity index is 1.74. The maximum absolute atomic E-state index is 13.4. The van der Waals surface area contributed by atoms with Gasteiger partial charge >= 0.3 is 0 Å². The van der Waals surface area contributed by atoms with Crippen molar-refractivity contribution >= 4 is 16.8 Å². The molecule has 1 aliphatic carbocycles. The van der Waals surface area contributed by atoms with E-state index in [9.17, 15) is 4.79 Å². The Morgan fingerprint density at radius 3 is 2.46 bits per heavy atom. The number of likely N-dealkylation sites (N-methyl/N-ethyl adjacent to an activating group) is 1. The molecule has 1 heterocycles. The van der Waals surface area contributed by atoms with Gasteiger partial charge in [-0.1, -0.05) is 55.3 Å². The number of hydrogen-bond acceptors (Lipinski definition) is 3. The minimum Gasteiger partial charge on any atom is -0.343 e. The lowest BCUT2D eigenvalue weighted by atomic mass is 9.82. The highest BCUT2D eigenvalue weighted by Crippen LogP contribution is 2.43. The van der Waals surface area contributed by atoms with Gasteiger partial charge in [-0.25, -0.2) is 0 Å². The van der Waals surface area contributed by atoms with E-state index in [-0.39, 0.29) is 17.5 Å². The molecular formula is C24H27N3O. The van der Waals surface area contributed by atoms with Crippen LogP contribution in [0.1, 0.15) is 47.6 Å². The van der Waals surface area contributed by atoms with E-state index in [4.69, 9.17) is 0 Å². The number of nitrogens with zero attached hydrogens (tertiary/aromatic N) is 2. The highest BCUT2D eigenvalue weighted by Gasteiger charge is 2.44. The standard InChI is InChI=1S/C24H27N3O/c1-27(2)24(15-6-7-16-24)22(18-10-4-3-5-11-18)26-23(28)20-12-8-14-21-19(20)13-9-17-25-21/h3-5,8-14,17,22H,6-7,15-16H2,1-2H3,(H,26,28). The zero-order valence-corrected chi connectivity index (χ0v) is 16.6. The quantitative estimate of drug-likeness (QED) is 0.712. The first-order chi connectivity index (χ1) is 13.6. The van der Waals surface area contributed by atoms with Crippen LogP contribution in [0.2, 0.25) is 0 Å². The van der Waals surface area contributed by atoms with Gasteiger partial charge in [-0.3, -0.25) is 9.78 Å². The summed E-state index contributed by atoms with van der Waals surface area (Å²) in [4.78, 5) is 20.1. The number of carbonyl (C=O) groups excluding carboxylic acids is 1. The van der Waals surface area contributed by atoms with Gasteiger partial charge in [0.1, 0.15) is 0 Å². The molecule has 3 aromatic rings. The lowest BCUT2D eigenvalue weighted by Gasteiger charge is -2.44. The molecule has 0 aliphatic heterocycles. The second-order valence-corrected chi connectivity index (χ2v) is 7.90. The molecular weight excluding hydrogens is 346 g/mol. The van der Waals surface area contributed by atoms with Gasteiger partial charge < -0.3 is 10.2 Å². The molecule has 2 aromatic carbocycles. The van der Waals surface area contributed by atoms with Crippen molar-refractivity contribution in [2.45, 2.75) is 37.3 Å². The lowest BCUT2D eigenvalue weighted by Crippen LogP contribution is -2.53. The maximum atomic E-state index is 13.4. The van der Waals surface area contributed by atoms with Gasteiger partial charge in [0, 0.05) is 22.7 Å². The fourth-order valence-electron chi connectivity index (χ4n) is 4.66. The molecule has 1 amide bonds. The summed E-state index contributed by atoms with van der Waals surface area (Å²) in [7, 11) is 4.27. The molecule has 4 heteroatoms. The van der Waals surface area contributed by atoms with E-state index < -0.39 is 0 Å². The van der Waals surface area contributed by atoms with Crippen molar-refractivity contribution in [1.82, 2.24) is 15.2 Å². The molecule has 0 spiro atoms. The Morgan fingerprint density at radius 2 is 1.75 bits per heavy atom. The predicted molar refractivity (Wildman–Crippen MR) is 113 cm³/mol. The highest BCUT2D eigenvalue weighted by atomic mass is 16.1. The van der Waals surface area contributed by atoms with Crippen LogP contribution >= 0.6 is 0 Å². The first-order valence-corrected chi connectivity index (χ1v) is 9.99. The molecule has 1 atom stereocenters. The average Bonchev–Trinajstić information content (AvgIpc) is 3.23. The van der Waals surface area contributed by atoms with Gasteiger partial charge in [-0.2, -0.15) is 0 Å². The lowest BCUT2D eigenvalue weighted by molar-refractivity contribution is 0.0767. The van der Waals surface area contributed by atoms with Crippen molar-refractivity contribution in [3.05, 3.63) is 78.0 Å². The van der Waals surface area contributed by atoms with E-state index in [1.165, 1.54) is 12.8 Å². The van der Waals surface area contributed by atoms with Crippen molar-refractivity contribution in [3.63, 3.8) is 0 Å². The molecule has 1 saturated carbocycles. The van der Waals surface area contributed by atoms with Crippen molar-refractivity contribution in [1.29, 1.82) is 0 Å². The number of fused-ring (bicyclic) bond motifs is 1. The molecule has 28 heavy (non-hydrogen) atoms. The summed E-state index contributed by atoms with van der Waals surface area (Å²) in [5, 5.41) is 4.29. The van der Waals surface area contributed by atoms with Crippen LogP contribution in [0.4, 0.5) is 0 Å². The smallest absolute Gasteiger partial charge is 0.252 e. The van der Waals surface area contributed by atoms with Gasteiger partial charge in [0.05, 0.1) is 11.6 Å². The first kappa shape index (κ1) is 18.6. The molecule has 4 rings (SSSR count). The van der Waals surface area contributed by atoms with Crippen LogP contribution in [0.15, 0.2) is 66.9 Å². The second-order valence-electron chi connectivity index (χ2n) is 7.90.